The van der Waals surface area contributed by atoms with Gasteiger partial charge in [0.25, 0.3) is 0 Å². The molecule has 0 aromatic rings. The van der Waals surface area contributed by atoms with Crippen molar-refractivity contribution in [1.29, 1.82) is 0 Å². The van der Waals surface area contributed by atoms with E-state index in [1.807, 2.05) is 0 Å². The molecule has 0 bridgehead atoms. The topological polar surface area (TPSA) is 78.2 Å². The Morgan fingerprint density at radius 1 is 1.75 bits per heavy atom. The molecule has 46 valence electrons. The van der Waals surface area contributed by atoms with E-state index in [0.29, 0.717) is 0 Å². The number of thiocarbonyl (C=S) groups is 1. The maximum absolute atomic E-state index is 9.11. The van der Waals surface area contributed by atoms with Gasteiger partial charge < -0.3 is 23.8 Å². The third-order valence-electron chi connectivity index (χ3n) is 0.101. The van der Waals surface area contributed by atoms with Crippen LogP contribution in [0.25, 0.3) is 0 Å². The second-order valence-electron chi connectivity index (χ2n) is 0.466. The van der Waals surface area contributed by atoms with E-state index >= 15 is 0 Å². The molecule has 4 nitrogen and oxygen atoms in total. The summed E-state index contributed by atoms with van der Waals surface area (Å²) >= 11 is 4.18. The molecule has 0 saturated carbocycles. The normalized spacial score (nSPS) is 4.88. The molecular formula is C2H6N2O2SZn-2. The van der Waals surface area contributed by atoms with Crippen molar-refractivity contribution in [2.75, 3.05) is 0 Å². The van der Waals surface area contributed by atoms with Crippen LogP contribution in [0.1, 0.15) is 0 Å². The van der Waals surface area contributed by atoms with E-state index in [9.17, 15) is 0 Å². The third-order valence-corrected chi connectivity index (χ3v) is 0.184. The Kier molecular flexibility index (Phi) is 30.8. The zero-order valence-electron chi connectivity index (χ0n) is 4.51. The van der Waals surface area contributed by atoms with Crippen LogP contribution in [0.2, 0.25) is 0 Å². The molecule has 0 radical (unpaired) electrons. The molecule has 0 aromatic heterocycles. The molecule has 0 unspecified atom stereocenters. The van der Waals surface area contributed by atoms with Crippen molar-refractivity contribution in [2.45, 2.75) is 0 Å². The minimum absolute atomic E-state index is 0. The summed E-state index contributed by atoms with van der Waals surface area (Å²) in [5.74, 6) is 0. The van der Waals surface area contributed by atoms with Gasteiger partial charge in [-0.25, -0.2) is 0 Å². The van der Waals surface area contributed by atoms with E-state index < -0.39 is 0 Å². The van der Waals surface area contributed by atoms with Gasteiger partial charge in [-0.3, -0.25) is 0 Å². The first-order valence-electron chi connectivity index (χ1n) is 1.24. The number of hydrogen-bond acceptors (Lipinski definition) is 3. The van der Waals surface area contributed by atoms with Crippen LogP contribution in [0.15, 0.2) is 0 Å². The minimum atomic E-state index is -0.218. The predicted octanol–water partition coefficient (Wildman–Crippen LogP) is -0.354. The average Bonchev–Trinajstić information content (AvgIpc) is 1.73. The molecular weight excluding hydrogens is 181 g/mol. The first-order chi connectivity index (χ1) is 3.27. The molecule has 0 aliphatic heterocycles. The van der Waals surface area contributed by atoms with Crippen molar-refractivity contribution < 1.29 is 21.8 Å². The molecule has 0 fully saturated rings. The van der Waals surface area contributed by atoms with Crippen LogP contribution in [-0.4, -0.2) is 5.11 Å². The molecule has 0 amide bonds. The fourth-order valence-electron chi connectivity index (χ4n) is 0. The molecule has 0 spiro atoms. The van der Waals surface area contributed by atoms with Crippen molar-refractivity contribution in [3.8, 4) is 0 Å². The van der Waals surface area contributed by atoms with Crippen LogP contribution >= 0.6 is 12.2 Å². The van der Waals surface area contributed by atoms with Crippen molar-refractivity contribution in [3.05, 3.63) is 12.6 Å². The molecule has 0 rings (SSSR count). The Balaban J connectivity index is -0.0000000750. The Morgan fingerprint density at radius 3 is 1.88 bits per heavy atom. The van der Waals surface area contributed by atoms with E-state index in [1.54, 1.807) is 0 Å². The Bertz CT molecular complexity index is 62.0. The van der Waals surface area contributed by atoms with Crippen molar-refractivity contribution in [1.82, 2.24) is 5.48 Å². The standard InChI is InChI=1S/CH3N2OS.CH3.O.Zn/c2-1(5)3-4;;;/h(H3-,2,3,4,5);1H3;;/q2*-1;;. The molecule has 0 aliphatic rings. The number of rotatable bonds is 0. The third kappa shape index (κ3) is 36.4. The quantitative estimate of drug-likeness (QED) is 0.235. The van der Waals surface area contributed by atoms with Gasteiger partial charge in [0.15, 0.2) is 5.11 Å². The summed E-state index contributed by atoms with van der Waals surface area (Å²) in [5.41, 5.74) is 5.89. The van der Waals surface area contributed by atoms with E-state index in [0.717, 1.165) is 0 Å². The van der Waals surface area contributed by atoms with Gasteiger partial charge in [0.1, 0.15) is 0 Å². The molecule has 0 aromatic carbocycles. The van der Waals surface area contributed by atoms with Gasteiger partial charge in [-0.2, -0.15) is 0 Å². The summed E-state index contributed by atoms with van der Waals surface area (Å²) in [4.78, 5) is 0. The van der Waals surface area contributed by atoms with Gasteiger partial charge in [0, 0.05) is 0 Å². The zero-order chi connectivity index (χ0) is 6.28. The molecule has 8 heavy (non-hydrogen) atoms. The van der Waals surface area contributed by atoms with Crippen LogP contribution in [0.3, 0.4) is 0 Å². The fourth-order valence-corrected chi connectivity index (χ4v) is 0. The van der Waals surface area contributed by atoms with E-state index in [-0.39, 0.29) is 30.8 Å². The second kappa shape index (κ2) is 15.7. The summed E-state index contributed by atoms with van der Waals surface area (Å²) in [6.45, 7) is 0. The fraction of sp³-hybridized carbons (Fsp3) is 0. The van der Waals surface area contributed by atoms with Gasteiger partial charge in [0.05, 0.1) is 0 Å². The van der Waals surface area contributed by atoms with Crippen molar-refractivity contribution in [3.63, 3.8) is 0 Å². The zero-order valence-corrected chi connectivity index (χ0v) is 8.29. The summed E-state index contributed by atoms with van der Waals surface area (Å²) < 4.78 is 8.38. The summed E-state index contributed by atoms with van der Waals surface area (Å²) in [5, 5.41) is 8.90. The summed E-state index contributed by atoms with van der Waals surface area (Å²) in [6, 6.07) is 0. The SMILES string of the molecule is NC(=S)N[O-].[CH3-].[O]=[Zn]. The van der Waals surface area contributed by atoms with Crippen LogP contribution in [0, 0.1) is 12.6 Å². The van der Waals surface area contributed by atoms with Crippen molar-refractivity contribution >= 4 is 17.3 Å². The van der Waals surface area contributed by atoms with E-state index in [1.165, 1.54) is 5.48 Å². The molecule has 3 N–H and O–H groups in total. The van der Waals surface area contributed by atoms with Crippen LogP contribution in [0.5, 0.6) is 0 Å². The second-order valence-corrected chi connectivity index (χ2v) is 0.906. The average molecular weight is 188 g/mol. The molecule has 0 saturated heterocycles. The van der Waals surface area contributed by atoms with Gasteiger partial charge in [0.2, 0.25) is 0 Å². The van der Waals surface area contributed by atoms with Gasteiger partial charge >= 0.3 is 21.8 Å². The Hall–Kier alpha value is 0.0734. The van der Waals surface area contributed by atoms with Gasteiger partial charge in [-0.05, 0) is 12.2 Å². The number of nitrogens with two attached hydrogens (primary N) is 1. The molecule has 6 heteroatoms. The Labute approximate surface area is 63.3 Å². The molecule has 0 atom stereocenters. The van der Waals surface area contributed by atoms with E-state index in [2.05, 4.69) is 18.0 Å². The molecule has 0 aliphatic carbocycles. The van der Waals surface area contributed by atoms with Crippen LogP contribution in [0.4, 0.5) is 0 Å². The first-order valence-corrected chi connectivity index (χ1v) is 2.86. The van der Waals surface area contributed by atoms with Gasteiger partial charge in [-0.15, -0.1) is 0 Å². The number of nitrogens with one attached hydrogen (secondary N) is 1. The van der Waals surface area contributed by atoms with Gasteiger partial charge in [-0.1, -0.05) is 0 Å². The maximum atomic E-state index is 9.11. The predicted molar refractivity (Wildman–Crippen MR) is 30.4 cm³/mol. The van der Waals surface area contributed by atoms with Crippen LogP contribution < -0.4 is 11.2 Å². The van der Waals surface area contributed by atoms with E-state index in [4.69, 9.17) is 8.78 Å². The monoisotopic (exact) mass is 186 g/mol. The molecule has 0 heterocycles. The number of hydrogen-bond donors (Lipinski definition) is 2. The Morgan fingerprint density at radius 2 is 1.88 bits per heavy atom. The first kappa shape index (κ1) is 15.7. The summed E-state index contributed by atoms with van der Waals surface area (Å²) in [6.07, 6.45) is 0. The van der Waals surface area contributed by atoms with Crippen LogP contribution in [-0.2, 0) is 21.8 Å². The van der Waals surface area contributed by atoms with Crippen molar-refractivity contribution in [2.24, 2.45) is 5.73 Å². The number of hydroxylamine groups is 1. The summed E-state index contributed by atoms with van der Waals surface area (Å²) in [7, 11) is 0.